The number of phosphoric acid groups is 1. The van der Waals surface area contributed by atoms with Crippen molar-refractivity contribution in [2.45, 2.75) is 13.0 Å². The van der Waals surface area contributed by atoms with Gasteiger partial charge in [-0.05, 0) is 23.3 Å². The van der Waals surface area contributed by atoms with Crippen molar-refractivity contribution in [2.24, 2.45) is 0 Å². The molecule has 0 radical (unpaired) electrons. The summed E-state index contributed by atoms with van der Waals surface area (Å²) in [6, 6.07) is 13.3. The summed E-state index contributed by atoms with van der Waals surface area (Å²) < 4.78 is 15.5. The van der Waals surface area contributed by atoms with Crippen LogP contribution in [0.2, 0.25) is 0 Å². The molecule has 0 aliphatic carbocycles. The van der Waals surface area contributed by atoms with Crippen molar-refractivity contribution in [1.82, 2.24) is 0 Å². The van der Waals surface area contributed by atoms with Gasteiger partial charge < -0.3 is 9.79 Å². The molecular weight excluding hydrogens is 239 g/mol. The molecule has 2 N–H and O–H groups in total. The smallest absolute Gasteiger partial charge is 0.303 e. The Morgan fingerprint density at radius 3 is 2.47 bits per heavy atom. The van der Waals surface area contributed by atoms with Crippen LogP contribution in [0.4, 0.5) is 0 Å². The maximum absolute atomic E-state index is 10.8. The third-order valence-corrected chi connectivity index (χ3v) is 3.15. The summed E-state index contributed by atoms with van der Waals surface area (Å²) >= 11 is 0. The van der Waals surface area contributed by atoms with Crippen LogP contribution in [0.25, 0.3) is 10.8 Å². The van der Waals surface area contributed by atoms with Crippen LogP contribution in [0, 0.1) is 0 Å². The second kappa shape index (κ2) is 4.59. The maximum atomic E-state index is 10.8. The average molecular weight is 252 g/mol. The van der Waals surface area contributed by atoms with Crippen molar-refractivity contribution in [3.05, 3.63) is 48.0 Å². The molecule has 0 amide bonds. The molecule has 0 aliphatic heterocycles. The van der Waals surface area contributed by atoms with E-state index in [4.69, 9.17) is 14.3 Å². The van der Waals surface area contributed by atoms with Crippen molar-refractivity contribution < 1.29 is 18.9 Å². The Balaban J connectivity index is 2.45. The summed E-state index contributed by atoms with van der Waals surface area (Å²) in [4.78, 5) is 17.6. The minimum atomic E-state index is -4.47. The zero-order valence-corrected chi connectivity index (χ0v) is 10.2. The van der Waals surface area contributed by atoms with Gasteiger partial charge in [-0.15, -0.1) is 0 Å². The molecule has 90 valence electrons. The number of hydrogen-bond donors (Lipinski definition) is 2. The lowest BCUT2D eigenvalue weighted by Crippen LogP contribution is -1.98. The second-order valence-corrected chi connectivity index (χ2v) is 5.00. The minimum Gasteiger partial charge on any atom is -0.303 e. The largest absolute Gasteiger partial charge is 0.470 e. The van der Waals surface area contributed by atoms with Gasteiger partial charge in [0.25, 0.3) is 0 Å². The summed E-state index contributed by atoms with van der Waals surface area (Å²) in [5.41, 5.74) is 0.770. The highest BCUT2D eigenvalue weighted by Gasteiger charge is 2.21. The van der Waals surface area contributed by atoms with E-state index in [2.05, 4.69) is 0 Å². The quantitative estimate of drug-likeness (QED) is 0.824. The van der Waals surface area contributed by atoms with E-state index in [0.717, 1.165) is 16.3 Å². The summed E-state index contributed by atoms with van der Waals surface area (Å²) in [6.07, 6.45) is -0.651. The first-order chi connectivity index (χ1) is 7.97. The van der Waals surface area contributed by atoms with Crippen LogP contribution in [0.3, 0.4) is 0 Å². The highest BCUT2D eigenvalue weighted by atomic mass is 31.2. The highest BCUT2D eigenvalue weighted by molar-refractivity contribution is 7.46. The lowest BCUT2D eigenvalue weighted by Gasteiger charge is -2.15. The van der Waals surface area contributed by atoms with E-state index in [9.17, 15) is 4.57 Å². The number of rotatable bonds is 3. The molecule has 0 aromatic heterocycles. The van der Waals surface area contributed by atoms with Gasteiger partial charge in [0.05, 0.1) is 6.10 Å². The summed E-state index contributed by atoms with van der Waals surface area (Å²) in [5, 5.41) is 1.96. The zero-order valence-electron chi connectivity index (χ0n) is 9.28. The monoisotopic (exact) mass is 252 g/mol. The number of benzene rings is 2. The number of fused-ring (bicyclic) bond motifs is 1. The van der Waals surface area contributed by atoms with Gasteiger partial charge in [0, 0.05) is 0 Å². The molecule has 5 heteroatoms. The Morgan fingerprint density at radius 1 is 1.12 bits per heavy atom. The van der Waals surface area contributed by atoms with Gasteiger partial charge in [0.2, 0.25) is 0 Å². The molecule has 0 fully saturated rings. The van der Waals surface area contributed by atoms with E-state index in [-0.39, 0.29) is 0 Å². The van der Waals surface area contributed by atoms with Gasteiger partial charge in [-0.1, -0.05) is 42.5 Å². The van der Waals surface area contributed by atoms with E-state index in [0.29, 0.717) is 0 Å². The molecule has 2 aromatic carbocycles. The van der Waals surface area contributed by atoms with Gasteiger partial charge in [0.15, 0.2) is 0 Å². The Kier molecular flexibility index (Phi) is 3.31. The Morgan fingerprint density at radius 2 is 1.76 bits per heavy atom. The average Bonchev–Trinajstić information content (AvgIpc) is 2.26. The fraction of sp³-hybridized carbons (Fsp3) is 0.167. The molecule has 4 nitrogen and oxygen atoms in total. The number of hydrogen-bond acceptors (Lipinski definition) is 2. The Labute approximate surface area is 99.1 Å². The first kappa shape index (κ1) is 12.3. The Bertz CT molecular complexity index is 570. The van der Waals surface area contributed by atoms with Gasteiger partial charge in [-0.25, -0.2) is 4.57 Å². The van der Waals surface area contributed by atoms with E-state index >= 15 is 0 Å². The van der Waals surface area contributed by atoms with Crippen LogP contribution in [-0.2, 0) is 9.09 Å². The molecule has 0 saturated carbocycles. The molecule has 1 atom stereocenters. The Hall–Kier alpha value is -1.19. The summed E-state index contributed by atoms with van der Waals surface area (Å²) in [6.45, 7) is 1.63. The second-order valence-electron chi connectivity index (χ2n) is 3.81. The van der Waals surface area contributed by atoms with Crippen molar-refractivity contribution in [3.8, 4) is 0 Å². The lowest BCUT2D eigenvalue weighted by molar-refractivity contribution is 0.147. The fourth-order valence-electron chi connectivity index (χ4n) is 1.87. The molecule has 0 heterocycles. The molecule has 0 saturated heterocycles. The van der Waals surface area contributed by atoms with Crippen LogP contribution < -0.4 is 0 Å². The molecule has 2 aromatic rings. The van der Waals surface area contributed by atoms with E-state index in [1.54, 1.807) is 6.92 Å². The molecular formula is C12H13O4P. The highest BCUT2D eigenvalue weighted by Crippen LogP contribution is 2.43. The molecule has 0 unspecified atom stereocenters. The minimum absolute atomic E-state index is 0.651. The van der Waals surface area contributed by atoms with Crippen molar-refractivity contribution >= 4 is 18.6 Å². The van der Waals surface area contributed by atoms with Crippen molar-refractivity contribution in [2.75, 3.05) is 0 Å². The molecule has 17 heavy (non-hydrogen) atoms. The van der Waals surface area contributed by atoms with E-state index in [1.807, 2.05) is 42.5 Å². The first-order valence-electron chi connectivity index (χ1n) is 5.19. The molecule has 0 bridgehead atoms. The lowest BCUT2D eigenvalue weighted by atomic mass is 10.0. The van der Waals surface area contributed by atoms with Crippen molar-refractivity contribution in [3.63, 3.8) is 0 Å². The number of phosphoric ester groups is 1. The summed E-state index contributed by atoms with van der Waals surface area (Å²) in [5.74, 6) is 0. The van der Waals surface area contributed by atoms with Crippen LogP contribution in [0.5, 0.6) is 0 Å². The predicted octanol–water partition coefficient (Wildman–Crippen LogP) is 3.01. The SMILES string of the molecule is C[C@H](OP(=O)(O)O)c1cccc2ccccc12. The van der Waals surface area contributed by atoms with Crippen LogP contribution in [0.1, 0.15) is 18.6 Å². The van der Waals surface area contributed by atoms with Crippen molar-refractivity contribution in [1.29, 1.82) is 0 Å². The third-order valence-electron chi connectivity index (χ3n) is 2.56. The van der Waals surface area contributed by atoms with E-state index < -0.39 is 13.9 Å². The molecule has 0 spiro atoms. The maximum Gasteiger partial charge on any atom is 0.470 e. The topological polar surface area (TPSA) is 66.8 Å². The van der Waals surface area contributed by atoms with Gasteiger partial charge >= 0.3 is 7.82 Å². The van der Waals surface area contributed by atoms with Crippen LogP contribution in [0.15, 0.2) is 42.5 Å². The third kappa shape index (κ3) is 2.93. The van der Waals surface area contributed by atoms with Gasteiger partial charge in [-0.2, -0.15) is 0 Å². The summed E-state index contributed by atoms with van der Waals surface area (Å²) in [7, 11) is -4.47. The zero-order chi connectivity index (χ0) is 12.5. The predicted molar refractivity (Wildman–Crippen MR) is 65.5 cm³/mol. The molecule has 0 aliphatic rings. The van der Waals surface area contributed by atoms with Gasteiger partial charge in [-0.3, -0.25) is 4.52 Å². The van der Waals surface area contributed by atoms with Crippen LogP contribution in [-0.4, -0.2) is 9.79 Å². The fourth-order valence-corrected chi connectivity index (χ4v) is 2.39. The normalized spacial score (nSPS) is 13.8. The van der Waals surface area contributed by atoms with Gasteiger partial charge in [0.1, 0.15) is 0 Å². The first-order valence-corrected chi connectivity index (χ1v) is 6.72. The van der Waals surface area contributed by atoms with Crippen LogP contribution >= 0.6 is 7.82 Å². The molecule has 2 rings (SSSR count). The van der Waals surface area contributed by atoms with E-state index in [1.165, 1.54) is 0 Å². The standard InChI is InChI=1S/C12H13O4P/c1-9(16-17(13,14)15)11-8-4-6-10-5-2-3-7-12(10)11/h2-9H,1H3,(H2,13,14,15)/t9-/m0/s1.